The van der Waals surface area contributed by atoms with Crippen LogP contribution in [0.25, 0.3) is 5.57 Å². The van der Waals surface area contributed by atoms with E-state index in [2.05, 4.69) is 5.32 Å². The van der Waals surface area contributed by atoms with E-state index >= 15 is 0 Å². The molecule has 0 atom stereocenters. The Hall–Kier alpha value is -4.06. The van der Waals surface area contributed by atoms with Crippen molar-refractivity contribution in [3.63, 3.8) is 0 Å². The molecule has 0 unspecified atom stereocenters. The average Bonchev–Trinajstić information content (AvgIpc) is 3.06. The van der Waals surface area contributed by atoms with Gasteiger partial charge in [-0.1, -0.05) is 36.4 Å². The normalized spacial score (nSPS) is 13.5. The molecule has 0 saturated carbocycles. The van der Waals surface area contributed by atoms with E-state index < -0.39 is 11.8 Å². The van der Waals surface area contributed by atoms with Gasteiger partial charge in [-0.05, 0) is 62.2 Å². The third-order valence-corrected chi connectivity index (χ3v) is 5.64. The molecule has 33 heavy (non-hydrogen) atoms. The molecule has 6 heteroatoms. The molecular weight excluding hydrogens is 416 g/mol. The SMILES string of the molecule is CCOc1ccccc1N1C(=O)C(Nc2ccc(C)c(C)c2)=C(c2ccccc2OC)C1=O. The van der Waals surface area contributed by atoms with Crippen LogP contribution in [0.2, 0.25) is 0 Å². The van der Waals surface area contributed by atoms with Gasteiger partial charge in [0.05, 0.1) is 25.0 Å². The van der Waals surface area contributed by atoms with Crippen molar-refractivity contribution in [3.05, 3.63) is 89.1 Å². The Morgan fingerprint density at radius 2 is 1.55 bits per heavy atom. The molecule has 0 fully saturated rings. The van der Waals surface area contributed by atoms with Crippen molar-refractivity contribution >= 4 is 28.8 Å². The molecular formula is C27H26N2O4. The van der Waals surface area contributed by atoms with Crippen molar-refractivity contribution in [1.29, 1.82) is 0 Å². The molecule has 0 aromatic heterocycles. The minimum atomic E-state index is -0.453. The van der Waals surface area contributed by atoms with E-state index in [1.54, 1.807) is 37.4 Å². The van der Waals surface area contributed by atoms with Gasteiger partial charge in [0.2, 0.25) is 0 Å². The summed E-state index contributed by atoms with van der Waals surface area (Å²) in [6, 6.07) is 20.0. The summed E-state index contributed by atoms with van der Waals surface area (Å²) in [5.74, 6) is 0.0794. The molecule has 168 valence electrons. The summed E-state index contributed by atoms with van der Waals surface area (Å²) in [7, 11) is 1.54. The predicted molar refractivity (Wildman–Crippen MR) is 130 cm³/mol. The number of ether oxygens (including phenoxy) is 2. The number of amides is 2. The van der Waals surface area contributed by atoms with Gasteiger partial charge in [-0.2, -0.15) is 0 Å². The zero-order valence-electron chi connectivity index (χ0n) is 19.1. The molecule has 3 aromatic rings. The van der Waals surface area contributed by atoms with Crippen LogP contribution in [0.15, 0.2) is 72.4 Å². The smallest absolute Gasteiger partial charge is 0.282 e. The van der Waals surface area contributed by atoms with Crippen LogP contribution in [-0.4, -0.2) is 25.5 Å². The summed E-state index contributed by atoms with van der Waals surface area (Å²) in [5.41, 5.74) is 4.33. The molecule has 2 amide bonds. The third-order valence-electron chi connectivity index (χ3n) is 5.64. The molecule has 0 spiro atoms. The highest BCUT2D eigenvalue weighted by Crippen LogP contribution is 2.40. The van der Waals surface area contributed by atoms with Crippen molar-refractivity contribution in [1.82, 2.24) is 0 Å². The lowest BCUT2D eigenvalue weighted by Crippen LogP contribution is -2.32. The number of para-hydroxylation sites is 3. The van der Waals surface area contributed by atoms with Gasteiger partial charge in [0.25, 0.3) is 11.8 Å². The Balaban J connectivity index is 1.87. The summed E-state index contributed by atoms with van der Waals surface area (Å²) in [6.45, 7) is 6.29. The molecule has 0 saturated heterocycles. The van der Waals surface area contributed by atoms with E-state index in [4.69, 9.17) is 9.47 Å². The van der Waals surface area contributed by atoms with Gasteiger partial charge in [-0.3, -0.25) is 9.59 Å². The number of aryl methyl sites for hydroxylation is 2. The highest BCUT2D eigenvalue weighted by atomic mass is 16.5. The first-order valence-electron chi connectivity index (χ1n) is 10.8. The maximum atomic E-state index is 13.8. The minimum absolute atomic E-state index is 0.194. The van der Waals surface area contributed by atoms with Crippen LogP contribution in [0.3, 0.4) is 0 Å². The fourth-order valence-corrected chi connectivity index (χ4v) is 3.85. The summed E-state index contributed by atoms with van der Waals surface area (Å²) in [5, 5.41) is 3.21. The highest BCUT2D eigenvalue weighted by molar-refractivity contribution is 6.46. The standard InChI is InChI=1S/C27H26N2O4/c1-5-33-23-13-9-7-11-21(23)29-26(30)24(20-10-6-8-12-22(20)32-4)25(27(29)31)28-19-15-14-17(2)18(3)16-19/h6-16,28H,5H2,1-4H3. The highest BCUT2D eigenvalue weighted by Gasteiger charge is 2.42. The maximum Gasteiger partial charge on any atom is 0.282 e. The molecule has 0 bridgehead atoms. The van der Waals surface area contributed by atoms with E-state index in [1.165, 1.54) is 0 Å². The third kappa shape index (κ3) is 4.07. The van der Waals surface area contributed by atoms with Crippen molar-refractivity contribution in [3.8, 4) is 11.5 Å². The molecule has 4 rings (SSSR count). The quantitative estimate of drug-likeness (QED) is 0.515. The molecule has 1 aliphatic heterocycles. The van der Waals surface area contributed by atoms with Crippen molar-refractivity contribution in [2.45, 2.75) is 20.8 Å². The first kappa shape index (κ1) is 22.1. The van der Waals surface area contributed by atoms with Crippen molar-refractivity contribution in [2.75, 3.05) is 23.9 Å². The van der Waals surface area contributed by atoms with Crippen LogP contribution in [0.5, 0.6) is 11.5 Å². The molecule has 1 aliphatic rings. The fourth-order valence-electron chi connectivity index (χ4n) is 3.85. The second kappa shape index (κ2) is 9.20. The zero-order valence-corrected chi connectivity index (χ0v) is 19.1. The number of hydrogen-bond acceptors (Lipinski definition) is 5. The Labute approximate surface area is 193 Å². The topological polar surface area (TPSA) is 67.9 Å². The van der Waals surface area contributed by atoms with Crippen LogP contribution < -0.4 is 19.7 Å². The number of imide groups is 1. The van der Waals surface area contributed by atoms with Gasteiger partial charge in [0.15, 0.2) is 0 Å². The average molecular weight is 443 g/mol. The van der Waals surface area contributed by atoms with Crippen molar-refractivity contribution < 1.29 is 19.1 Å². The molecule has 0 aliphatic carbocycles. The molecule has 1 heterocycles. The number of nitrogens with one attached hydrogen (secondary N) is 1. The molecule has 6 nitrogen and oxygen atoms in total. The van der Waals surface area contributed by atoms with Crippen LogP contribution in [0.1, 0.15) is 23.6 Å². The Morgan fingerprint density at radius 1 is 0.848 bits per heavy atom. The number of methoxy groups -OCH3 is 1. The van der Waals surface area contributed by atoms with E-state index in [0.717, 1.165) is 21.7 Å². The monoisotopic (exact) mass is 442 g/mol. The number of anilines is 2. The number of carbonyl (C=O) groups excluding carboxylic acids is 2. The van der Waals surface area contributed by atoms with E-state index in [1.807, 2.05) is 57.2 Å². The summed E-state index contributed by atoms with van der Waals surface area (Å²) >= 11 is 0. The largest absolute Gasteiger partial charge is 0.496 e. The van der Waals surface area contributed by atoms with Crippen molar-refractivity contribution in [2.24, 2.45) is 0 Å². The van der Waals surface area contributed by atoms with Crippen LogP contribution in [0.4, 0.5) is 11.4 Å². The number of hydrogen-bond donors (Lipinski definition) is 1. The lowest BCUT2D eigenvalue weighted by atomic mass is 10.0. The number of nitrogens with zero attached hydrogens (tertiary/aromatic N) is 1. The van der Waals surface area contributed by atoms with Gasteiger partial charge in [-0.25, -0.2) is 4.90 Å². The second-order valence-electron chi connectivity index (χ2n) is 7.72. The predicted octanol–water partition coefficient (Wildman–Crippen LogP) is 5.11. The van der Waals surface area contributed by atoms with Crippen LogP contribution >= 0.6 is 0 Å². The maximum absolute atomic E-state index is 13.8. The molecule has 1 N–H and O–H groups in total. The molecule has 0 radical (unpaired) electrons. The summed E-state index contributed by atoms with van der Waals surface area (Å²) < 4.78 is 11.2. The van der Waals surface area contributed by atoms with E-state index in [-0.39, 0.29) is 11.3 Å². The number of carbonyl (C=O) groups is 2. The summed E-state index contributed by atoms with van der Waals surface area (Å²) in [6.07, 6.45) is 0. The Morgan fingerprint density at radius 3 is 2.24 bits per heavy atom. The Kier molecular flexibility index (Phi) is 6.18. The first-order chi connectivity index (χ1) is 16.0. The van der Waals surface area contributed by atoms with Crippen LogP contribution in [-0.2, 0) is 9.59 Å². The fraction of sp³-hybridized carbons (Fsp3) is 0.185. The van der Waals surface area contributed by atoms with Gasteiger partial charge in [0.1, 0.15) is 17.2 Å². The van der Waals surface area contributed by atoms with Gasteiger partial charge >= 0.3 is 0 Å². The first-order valence-corrected chi connectivity index (χ1v) is 10.8. The van der Waals surface area contributed by atoms with Gasteiger partial charge in [-0.15, -0.1) is 0 Å². The Bertz CT molecular complexity index is 1260. The van der Waals surface area contributed by atoms with Gasteiger partial charge in [0, 0.05) is 11.3 Å². The second-order valence-corrected chi connectivity index (χ2v) is 7.72. The minimum Gasteiger partial charge on any atom is -0.496 e. The lowest BCUT2D eigenvalue weighted by molar-refractivity contribution is -0.120. The molecule has 3 aromatic carbocycles. The van der Waals surface area contributed by atoms with E-state index in [0.29, 0.717) is 29.4 Å². The number of benzene rings is 3. The van der Waals surface area contributed by atoms with E-state index in [9.17, 15) is 9.59 Å². The summed E-state index contributed by atoms with van der Waals surface area (Å²) in [4.78, 5) is 28.6. The van der Waals surface area contributed by atoms with Gasteiger partial charge < -0.3 is 14.8 Å². The zero-order chi connectivity index (χ0) is 23.5. The number of rotatable bonds is 7. The van der Waals surface area contributed by atoms with Crippen LogP contribution in [0, 0.1) is 13.8 Å². The lowest BCUT2D eigenvalue weighted by Gasteiger charge is -2.19.